The van der Waals surface area contributed by atoms with Crippen LogP contribution in [0.2, 0.25) is 0 Å². The number of carbonyl (C=O) groups is 1. The highest BCUT2D eigenvalue weighted by atomic mass is 19.4. The van der Waals surface area contributed by atoms with E-state index >= 15 is 0 Å². The van der Waals surface area contributed by atoms with E-state index in [4.69, 9.17) is 0 Å². The van der Waals surface area contributed by atoms with Crippen LogP contribution in [0, 0.1) is 0 Å². The summed E-state index contributed by atoms with van der Waals surface area (Å²) in [6.45, 7) is 5.54. The van der Waals surface area contributed by atoms with Gasteiger partial charge in [-0.25, -0.2) is 4.98 Å². The normalized spacial score (nSPS) is 15.8. The SMILES string of the molecule is CCC(C(=O)Nc1ccc(N2CCCN(Cc3cccc(C(F)(F)F)c3)CC2)nc1)c1ccccc1. The molecule has 1 atom stereocenters. The minimum atomic E-state index is -4.33. The van der Waals surface area contributed by atoms with Crippen LogP contribution in [0.1, 0.15) is 42.4 Å². The predicted molar refractivity (Wildman–Crippen MR) is 136 cm³/mol. The molecule has 0 aliphatic carbocycles. The molecular formula is C28H31F3N4O. The smallest absolute Gasteiger partial charge is 0.355 e. The lowest BCUT2D eigenvalue weighted by molar-refractivity contribution is -0.137. The Bertz CT molecular complexity index is 1140. The number of anilines is 2. The third-order valence-electron chi connectivity index (χ3n) is 6.52. The van der Waals surface area contributed by atoms with Crippen molar-refractivity contribution in [2.75, 3.05) is 36.4 Å². The number of hydrogen-bond donors (Lipinski definition) is 1. The van der Waals surface area contributed by atoms with Gasteiger partial charge < -0.3 is 10.2 Å². The molecule has 2 aromatic carbocycles. The monoisotopic (exact) mass is 496 g/mol. The van der Waals surface area contributed by atoms with Crippen molar-refractivity contribution < 1.29 is 18.0 Å². The second kappa shape index (κ2) is 11.6. The van der Waals surface area contributed by atoms with Gasteiger partial charge in [0.2, 0.25) is 5.91 Å². The molecule has 1 aromatic heterocycles. The van der Waals surface area contributed by atoms with Crippen LogP contribution in [0.5, 0.6) is 0 Å². The fourth-order valence-corrected chi connectivity index (χ4v) is 4.60. The molecule has 0 spiro atoms. The topological polar surface area (TPSA) is 48.5 Å². The Morgan fingerprint density at radius 1 is 1.00 bits per heavy atom. The fourth-order valence-electron chi connectivity index (χ4n) is 4.60. The highest BCUT2D eigenvalue weighted by molar-refractivity contribution is 5.95. The van der Waals surface area contributed by atoms with E-state index in [1.807, 2.05) is 49.4 Å². The van der Waals surface area contributed by atoms with E-state index in [9.17, 15) is 18.0 Å². The van der Waals surface area contributed by atoms with E-state index in [2.05, 4.69) is 20.1 Å². The average molecular weight is 497 g/mol. The second-order valence-electron chi connectivity index (χ2n) is 9.08. The summed E-state index contributed by atoms with van der Waals surface area (Å²) in [7, 11) is 0. The lowest BCUT2D eigenvalue weighted by atomic mass is 9.95. The summed E-state index contributed by atoms with van der Waals surface area (Å²) < 4.78 is 39.1. The maximum Gasteiger partial charge on any atom is 0.416 e. The molecule has 1 aliphatic heterocycles. The van der Waals surface area contributed by atoms with Gasteiger partial charge in [-0.1, -0.05) is 55.5 Å². The molecule has 8 heteroatoms. The molecular weight excluding hydrogens is 465 g/mol. The molecule has 0 radical (unpaired) electrons. The number of benzene rings is 2. The summed E-state index contributed by atoms with van der Waals surface area (Å²) in [6.07, 6.45) is -1.07. The van der Waals surface area contributed by atoms with Gasteiger partial charge in [-0.05, 0) is 42.2 Å². The molecule has 36 heavy (non-hydrogen) atoms. The Morgan fingerprint density at radius 3 is 2.50 bits per heavy atom. The van der Waals surface area contributed by atoms with Crippen molar-refractivity contribution in [2.45, 2.75) is 38.4 Å². The number of carbonyl (C=O) groups excluding carboxylic acids is 1. The van der Waals surface area contributed by atoms with Gasteiger partial charge in [0.1, 0.15) is 5.82 Å². The van der Waals surface area contributed by atoms with E-state index < -0.39 is 11.7 Å². The van der Waals surface area contributed by atoms with Crippen LogP contribution < -0.4 is 10.2 Å². The highest BCUT2D eigenvalue weighted by Crippen LogP contribution is 2.30. The third-order valence-corrected chi connectivity index (χ3v) is 6.52. The quantitative estimate of drug-likeness (QED) is 0.440. The van der Waals surface area contributed by atoms with Crippen molar-refractivity contribution in [3.8, 4) is 0 Å². The minimum Gasteiger partial charge on any atom is -0.355 e. The Balaban J connectivity index is 1.33. The Hall–Kier alpha value is -3.39. The van der Waals surface area contributed by atoms with Gasteiger partial charge in [-0.15, -0.1) is 0 Å². The van der Waals surface area contributed by atoms with E-state index in [1.54, 1.807) is 12.3 Å². The molecule has 3 aromatic rings. The van der Waals surface area contributed by atoms with Crippen molar-refractivity contribution in [1.29, 1.82) is 0 Å². The molecule has 4 rings (SSSR count). The molecule has 2 heterocycles. The fraction of sp³-hybridized carbons (Fsp3) is 0.357. The first-order chi connectivity index (χ1) is 17.3. The van der Waals surface area contributed by atoms with Crippen LogP contribution >= 0.6 is 0 Å². The molecule has 1 unspecified atom stereocenters. The van der Waals surface area contributed by atoms with Crippen LogP contribution in [0.15, 0.2) is 72.9 Å². The molecule has 0 bridgehead atoms. The summed E-state index contributed by atoms with van der Waals surface area (Å²) in [5, 5.41) is 2.98. The van der Waals surface area contributed by atoms with Gasteiger partial charge in [0, 0.05) is 32.7 Å². The molecule has 1 amide bonds. The summed E-state index contributed by atoms with van der Waals surface area (Å²) >= 11 is 0. The Morgan fingerprint density at radius 2 is 1.81 bits per heavy atom. The maximum atomic E-state index is 13.0. The summed E-state index contributed by atoms with van der Waals surface area (Å²) in [5.41, 5.74) is 1.69. The third kappa shape index (κ3) is 6.63. The molecule has 1 N–H and O–H groups in total. The number of rotatable bonds is 7. The van der Waals surface area contributed by atoms with Gasteiger partial charge in [0.05, 0.1) is 23.4 Å². The largest absolute Gasteiger partial charge is 0.416 e. The zero-order valence-corrected chi connectivity index (χ0v) is 20.3. The minimum absolute atomic E-state index is 0.0572. The van der Waals surface area contributed by atoms with E-state index in [0.29, 0.717) is 24.2 Å². The highest BCUT2D eigenvalue weighted by Gasteiger charge is 2.30. The number of nitrogens with zero attached hydrogens (tertiary/aromatic N) is 3. The van der Waals surface area contributed by atoms with Crippen molar-refractivity contribution in [2.24, 2.45) is 0 Å². The summed E-state index contributed by atoms with van der Waals surface area (Å²) in [5.74, 6) is 0.543. The van der Waals surface area contributed by atoms with Crippen molar-refractivity contribution in [1.82, 2.24) is 9.88 Å². The number of aromatic nitrogens is 1. The van der Waals surface area contributed by atoms with E-state index in [1.165, 1.54) is 12.1 Å². The number of alkyl halides is 3. The Kier molecular flexibility index (Phi) is 8.25. The van der Waals surface area contributed by atoms with E-state index in [-0.39, 0.29) is 11.8 Å². The second-order valence-corrected chi connectivity index (χ2v) is 9.08. The molecule has 1 fully saturated rings. The van der Waals surface area contributed by atoms with Gasteiger partial charge in [0.25, 0.3) is 0 Å². The first kappa shape index (κ1) is 25.7. The van der Waals surface area contributed by atoms with E-state index in [0.717, 1.165) is 50.0 Å². The molecule has 1 aliphatic rings. The van der Waals surface area contributed by atoms with Gasteiger partial charge in [0.15, 0.2) is 0 Å². The average Bonchev–Trinajstić information content (AvgIpc) is 3.11. The first-order valence-electron chi connectivity index (χ1n) is 12.3. The number of hydrogen-bond acceptors (Lipinski definition) is 4. The van der Waals surface area contributed by atoms with Crippen LogP contribution in [0.4, 0.5) is 24.7 Å². The standard InChI is InChI=1S/C28H31F3N4O/c1-2-25(22-9-4-3-5-10-22)27(36)33-24-12-13-26(32-19-24)35-15-7-14-34(16-17-35)20-21-8-6-11-23(18-21)28(29,30)31/h3-6,8-13,18-19,25H,2,7,14-17,20H2,1H3,(H,33,36). The lowest BCUT2D eigenvalue weighted by Crippen LogP contribution is -2.31. The predicted octanol–water partition coefficient (Wildman–Crippen LogP) is 5.95. The van der Waals surface area contributed by atoms with Crippen molar-refractivity contribution >= 4 is 17.4 Å². The first-order valence-corrected chi connectivity index (χ1v) is 12.3. The molecule has 1 saturated heterocycles. The maximum absolute atomic E-state index is 13.0. The number of pyridine rings is 1. The zero-order valence-electron chi connectivity index (χ0n) is 20.3. The zero-order chi connectivity index (χ0) is 25.5. The van der Waals surface area contributed by atoms with Crippen molar-refractivity contribution in [3.05, 3.63) is 89.6 Å². The summed E-state index contributed by atoms with van der Waals surface area (Å²) in [4.78, 5) is 21.7. The van der Waals surface area contributed by atoms with Crippen LogP contribution in [-0.4, -0.2) is 42.0 Å². The van der Waals surface area contributed by atoms with Crippen LogP contribution in [0.25, 0.3) is 0 Å². The number of nitrogens with one attached hydrogen (secondary N) is 1. The lowest BCUT2D eigenvalue weighted by Gasteiger charge is -2.23. The van der Waals surface area contributed by atoms with Crippen molar-refractivity contribution in [3.63, 3.8) is 0 Å². The Labute approximate surface area is 210 Å². The van der Waals surface area contributed by atoms with Gasteiger partial charge >= 0.3 is 6.18 Å². The van der Waals surface area contributed by atoms with Crippen LogP contribution in [-0.2, 0) is 17.5 Å². The summed E-state index contributed by atoms with van der Waals surface area (Å²) in [6, 6.07) is 19.0. The molecule has 190 valence electrons. The molecule has 0 saturated carbocycles. The number of halogens is 3. The number of amides is 1. The molecule has 5 nitrogen and oxygen atoms in total. The van der Waals surface area contributed by atoms with Crippen LogP contribution in [0.3, 0.4) is 0 Å². The van der Waals surface area contributed by atoms with Gasteiger partial charge in [-0.2, -0.15) is 13.2 Å². The van der Waals surface area contributed by atoms with Gasteiger partial charge in [-0.3, -0.25) is 9.69 Å².